The monoisotopic (exact) mass is 283 g/mol. The van der Waals surface area contributed by atoms with Crippen LogP contribution in [0.3, 0.4) is 0 Å². The Balaban J connectivity index is 2.77. The maximum atomic E-state index is 13.1. The lowest BCUT2D eigenvalue weighted by atomic mass is 9.91. The van der Waals surface area contributed by atoms with Crippen molar-refractivity contribution in [2.24, 2.45) is 0 Å². The Morgan fingerprint density at radius 3 is 2.43 bits per heavy atom. The molecule has 2 N–H and O–H groups in total. The number of hydrogen-bond acceptors (Lipinski definition) is 3. The van der Waals surface area contributed by atoms with Gasteiger partial charge < -0.3 is 5.73 Å². The van der Waals surface area contributed by atoms with Crippen LogP contribution in [0.4, 0.5) is 10.2 Å². The van der Waals surface area contributed by atoms with Gasteiger partial charge in [0, 0.05) is 11.3 Å². The minimum Gasteiger partial charge on any atom is -0.383 e. The Labute approximate surface area is 124 Å². The van der Waals surface area contributed by atoms with Crippen molar-refractivity contribution < 1.29 is 4.39 Å². The number of pyridine rings is 1. The van der Waals surface area contributed by atoms with E-state index in [1.807, 2.05) is 6.92 Å². The van der Waals surface area contributed by atoms with Crippen LogP contribution in [-0.2, 0) is 12.8 Å². The van der Waals surface area contributed by atoms with Crippen LogP contribution in [0.1, 0.15) is 37.1 Å². The van der Waals surface area contributed by atoms with E-state index in [4.69, 9.17) is 5.73 Å². The fourth-order valence-corrected chi connectivity index (χ4v) is 2.56. The molecule has 3 nitrogen and oxygen atoms in total. The molecule has 4 heteroatoms. The van der Waals surface area contributed by atoms with E-state index >= 15 is 0 Å². The first-order chi connectivity index (χ1) is 10.1. The van der Waals surface area contributed by atoms with Crippen molar-refractivity contribution in [2.45, 2.75) is 33.1 Å². The van der Waals surface area contributed by atoms with Crippen molar-refractivity contribution in [3.63, 3.8) is 0 Å². The van der Waals surface area contributed by atoms with E-state index in [1.54, 1.807) is 12.1 Å². The summed E-state index contributed by atoms with van der Waals surface area (Å²) in [5.74, 6) is -0.0522. The van der Waals surface area contributed by atoms with Crippen LogP contribution >= 0.6 is 0 Å². The molecule has 0 fully saturated rings. The standard InChI is InChI=1S/C17H18FN3/c1-3-5-15-13(4-2)16(14(10-19)17(20)21-15)11-6-8-12(18)9-7-11/h6-9H,3-5H2,1-2H3,(H2,20,21). The molecule has 1 aromatic carbocycles. The second kappa shape index (κ2) is 6.36. The lowest BCUT2D eigenvalue weighted by Crippen LogP contribution is -2.07. The zero-order valence-electron chi connectivity index (χ0n) is 12.3. The Morgan fingerprint density at radius 1 is 1.24 bits per heavy atom. The predicted octanol–water partition coefficient (Wildman–Crippen LogP) is 3.86. The highest BCUT2D eigenvalue weighted by Gasteiger charge is 2.18. The Bertz CT molecular complexity index is 685. The number of halogens is 1. The summed E-state index contributed by atoms with van der Waals surface area (Å²) in [5.41, 5.74) is 9.86. The molecule has 2 aromatic rings. The third kappa shape index (κ3) is 2.87. The van der Waals surface area contributed by atoms with Crippen LogP contribution in [0.2, 0.25) is 0 Å². The van der Waals surface area contributed by atoms with E-state index in [0.717, 1.165) is 41.6 Å². The van der Waals surface area contributed by atoms with Gasteiger partial charge in [-0.1, -0.05) is 32.4 Å². The Kier molecular flexibility index (Phi) is 4.54. The van der Waals surface area contributed by atoms with E-state index in [2.05, 4.69) is 18.0 Å². The maximum absolute atomic E-state index is 13.1. The van der Waals surface area contributed by atoms with Crippen LogP contribution in [0.25, 0.3) is 11.1 Å². The van der Waals surface area contributed by atoms with E-state index in [-0.39, 0.29) is 11.6 Å². The third-order valence-corrected chi connectivity index (χ3v) is 3.50. The van der Waals surface area contributed by atoms with Crippen LogP contribution in [0.15, 0.2) is 24.3 Å². The van der Waals surface area contributed by atoms with Crippen molar-refractivity contribution in [3.8, 4) is 17.2 Å². The van der Waals surface area contributed by atoms with Crippen molar-refractivity contribution in [1.29, 1.82) is 5.26 Å². The summed E-state index contributed by atoms with van der Waals surface area (Å²) >= 11 is 0. The molecule has 108 valence electrons. The first-order valence-corrected chi connectivity index (χ1v) is 7.09. The minimum absolute atomic E-state index is 0.248. The van der Waals surface area contributed by atoms with Gasteiger partial charge >= 0.3 is 0 Å². The molecule has 0 unspecified atom stereocenters. The lowest BCUT2D eigenvalue weighted by molar-refractivity contribution is 0.628. The second-order valence-electron chi connectivity index (χ2n) is 4.89. The highest BCUT2D eigenvalue weighted by Crippen LogP contribution is 2.33. The number of hydrogen-bond donors (Lipinski definition) is 1. The molecule has 0 aliphatic carbocycles. The number of nitrogen functional groups attached to an aromatic ring is 1. The van der Waals surface area contributed by atoms with Crippen molar-refractivity contribution in [3.05, 3.63) is 46.9 Å². The summed E-state index contributed by atoms with van der Waals surface area (Å²) in [5, 5.41) is 9.41. The molecule has 2 rings (SSSR count). The smallest absolute Gasteiger partial charge is 0.142 e. The highest BCUT2D eigenvalue weighted by molar-refractivity contribution is 5.79. The Morgan fingerprint density at radius 2 is 1.90 bits per heavy atom. The Hall–Kier alpha value is -2.41. The molecule has 0 spiro atoms. The van der Waals surface area contributed by atoms with E-state index in [0.29, 0.717) is 5.56 Å². The van der Waals surface area contributed by atoms with Crippen molar-refractivity contribution >= 4 is 5.82 Å². The summed E-state index contributed by atoms with van der Waals surface area (Å²) in [7, 11) is 0. The van der Waals surface area contributed by atoms with Crippen LogP contribution in [0.5, 0.6) is 0 Å². The van der Waals surface area contributed by atoms with Crippen LogP contribution in [-0.4, -0.2) is 4.98 Å². The van der Waals surface area contributed by atoms with Gasteiger partial charge in [0.2, 0.25) is 0 Å². The van der Waals surface area contributed by atoms with Crippen LogP contribution in [0, 0.1) is 17.1 Å². The number of benzene rings is 1. The van der Waals surface area contributed by atoms with Crippen molar-refractivity contribution in [1.82, 2.24) is 4.98 Å². The number of rotatable bonds is 4. The number of aryl methyl sites for hydroxylation is 1. The first-order valence-electron chi connectivity index (χ1n) is 7.09. The number of nitrogens with two attached hydrogens (primary N) is 1. The molecule has 0 atom stereocenters. The van der Waals surface area contributed by atoms with Gasteiger partial charge in [0.1, 0.15) is 23.3 Å². The molecule has 0 amide bonds. The average Bonchev–Trinajstić information content (AvgIpc) is 2.48. The van der Waals surface area contributed by atoms with Gasteiger partial charge in [-0.3, -0.25) is 0 Å². The van der Waals surface area contributed by atoms with Gasteiger partial charge in [-0.2, -0.15) is 5.26 Å². The molecule has 1 aromatic heterocycles. The zero-order valence-corrected chi connectivity index (χ0v) is 12.3. The van der Waals surface area contributed by atoms with E-state index in [9.17, 15) is 9.65 Å². The molecule has 0 aliphatic heterocycles. The number of nitrogens with zero attached hydrogens (tertiary/aromatic N) is 2. The summed E-state index contributed by atoms with van der Waals surface area (Å²) in [6, 6.07) is 8.29. The first kappa shape index (κ1) is 15.0. The SMILES string of the molecule is CCCc1nc(N)c(C#N)c(-c2ccc(F)cc2)c1CC. The summed E-state index contributed by atoms with van der Waals surface area (Å²) in [4.78, 5) is 4.39. The summed E-state index contributed by atoms with van der Waals surface area (Å²) in [6.45, 7) is 4.10. The molecule has 0 saturated heterocycles. The van der Waals surface area contributed by atoms with Gasteiger partial charge in [-0.25, -0.2) is 9.37 Å². The van der Waals surface area contributed by atoms with Gasteiger partial charge in [0.15, 0.2) is 0 Å². The quantitative estimate of drug-likeness (QED) is 0.926. The average molecular weight is 283 g/mol. The third-order valence-electron chi connectivity index (χ3n) is 3.50. The largest absolute Gasteiger partial charge is 0.383 e. The number of anilines is 1. The fourth-order valence-electron chi connectivity index (χ4n) is 2.56. The van der Waals surface area contributed by atoms with Crippen LogP contribution < -0.4 is 5.73 Å². The predicted molar refractivity (Wildman–Crippen MR) is 82.1 cm³/mol. The minimum atomic E-state index is -0.300. The molecular formula is C17H18FN3. The molecule has 0 bridgehead atoms. The molecule has 1 heterocycles. The molecule has 0 aliphatic rings. The number of aromatic nitrogens is 1. The number of nitriles is 1. The van der Waals surface area contributed by atoms with Gasteiger partial charge in [-0.15, -0.1) is 0 Å². The van der Waals surface area contributed by atoms with Gasteiger partial charge in [0.05, 0.1) is 0 Å². The normalized spacial score (nSPS) is 10.4. The molecule has 0 saturated carbocycles. The van der Waals surface area contributed by atoms with Gasteiger partial charge in [-0.05, 0) is 36.1 Å². The fraction of sp³-hybridized carbons (Fsp3) is 0.294. The molecular weight excluding hydrogens is 265 g/mol. The van der Waals surface area contributed by atoms with E-state index in [1.165, 1.54) is 12.1 Å². The molecule has 21 heavy (non-hydrogen) atoms. The van der Waals surface area contributed by atoms with Crippen molar-refractivity contribution in [2.75, 3.05) is 5.73 Å². The zero-order chi connectivity index (χ0) is 15.4. The highest BCUT2D eigenvalue weighted by atomic mass is 19.1. The van der Waals surface area contributed by atoms with E-state index < -0.39 is 0 Å². The second-order valence-corrected chi connectivity index (χ2v) is 4.89. The topological polar surface area (TPSA) is 62.7 Å². The summed E-state index contributed by atoms with van der Waals surface area (Å²) < 4.78 is 13.1. The maximum Gasteiger partial charge on any atom is 0.142 e. The van der Waals surface area contributed by atoms with Gasteiger partial charge in [0.25, 0.3) is 0 Å². The lowest BCUT2D eigenvalue weighted by Gasteiger charge is -2.16. The summed E-state index contributed by atoms with van der Waals surface area (Å²) in [6.07, 6.45) is 2.52. The molecule has 0 radical (unpaired) electrons.